The first kappa shape index (κ1) is 11.4. The molecule has 0 unspecified atom stereocenters. The molecule has 0 fully saturated rings. The van der Waals surface area contributed by atoms with Gasteiger partial charge in [0.05, 0.1) is 4.47 Å². The van der Waals surface area contributed by atoms with Crippen LogP contribution in [0.5, 0.6) is 11.5 Å². The van der Waals surface area contributed by atoms with Crippen molar-refractivity contribution >= 4 is 21.7 Å². The van der Waals surface area contributed by atoms with Crippen molar-refractivity contribution in [3.63, 3.8) is 0 Å². The molecule has 2 N–H and O–H groups in total. The average Bonchev–Trinajstić information content (AvgIpc) is 2.29. The molecule has 0 bridgehead atoms. The number of ketones is 1. The maximum Gasteiger partial charge on any atom is 0.175 e. The van der Waals surface area contributed by atoms with Crippen LogP contribution in [0.3, 0.4) is 0 Å². The zero-order valence-electron chi connectivity index (χ0n) is 8.66. The highest BCUT2D eigenvalue weighted by Gasteiger charge is 2.18. The minimum atomic E-state index is 0.0140. The van der Waals surface area contributed by atoms with E-state index in [0.717, 1.165) is 4.47 Å². The Hall–Kier alpha value is -1.07. The van der Waals surface area contributed by atoms with Gasteiger partial charge >= 0.3 is 0 Å². The topological polar surface area (TPSA) is 61.6 Å². The Balaban J connectivity index is 2.35. The molecule has 0 aromatic heterocycles. The van der Waals surface area contributed by atoms with E-state index in [1.807, 2.05) is 0 Å². The molecule has 0 atom stereocenters. The average molecular weight is 286 g/mol. The van der Waals surface area contributed by atoms with Gasteiger partial charge < -0.3 is 15.2 Å². The first-order chi connectivity index (χ1) is 7.72. The van der Waals surface area contributed by atoms with Gasteiger partial charge in [0.15, 0.2) is 17.3 Å². The first-order valence-electron chi connectivity index (χ1n) is 5.05. The van der Waals surface area contributed by atoms with E-state index in [1.54, 1.807) is 12.1 Å². The van der Waals surface area contributed by atoms with E-state index in [0.29, 0.717) is 43.2 Å². The Bertz CT molecular complexity index is 420. The van der Waals surface area contributed by atoms with Crippen LogP contribution in [0.25, 0.3) is 0 Å². The molecule has 0 amide bonds. The molecule has 4 nitrogen and oxygen atoms in total. The van der Waals surface area contributed by atoms with E-state index in [-0.39, 0.29) is 5.78 Å². The molecule has 1 aliphatic heterocycles. The molecule has 2 rings (SSSR count). The van der Waals surface area contributed by atoms with Crippen LogP contribution in [0.1, 0.15) is 16.8 Å². The molecule has 0 aliphatic carbocycles. The molecule has 1 aliphatic rings. The summed E-state index contributed by atoms with van der Waals surface area (Å²) in [4.78, 5) is 11.7. The maximum absolute atomic E-state index is 11.7. The van der Waals surface area contributed by atoms with Crippen molar-refractivity contribution in [3.8, 4) is 11.5 Å². The van der Waals surface area contributed by atoms with Gasteiger partial charge in [-0.3, -0.25) is 4.79 Å². The molecule has 1 aromatic carbocycles. The van der Waals surface area contributed by atoms with Crippen LogP contribution >= 0.6 is 15.9 Å². The number of fused-ring (bicyclic) bond motifs is 1. The highest BCUT2D eigenvalue weighted by Crippen LogP contribution is 2.38. The number of carbonyl (C=O) groups is 1. The monoisotopic (exact) mass is 285 g/mol. The van der Waals surface area contributed by atoms with E-state index in [9.17, 15) is 4.79 Å². The molecule has 0 saturated heterocycles. The Morgan fingerprint density at radius 3 is 2.88 bits per heavy atom. The van der Waals surface area contributed by atoms with Crippen molar-refractivity contribution in [2.24, 2.45) is 5.73 Å². The van der Waals surface area contributed by atoms with Gasteiger partial charge in [0.2, 0.25) is 0 Å². The molecular formula is C11H12BrNO3. The second-order valence-electron chi connectivity index (χ2n) is 3.44. The molecule has 0 radical (unpaired) electrons. The third kappa shape index (κ3) is 2.20. The number of carbonyl (C=O) groups excluding carboxylic acids is 1. The second-order valence-corrected chi connectivity index (χ2v) is 4.30. The fourth-order valence-electron chi connectivity index (χ4n) is 1.55. The van der Waals surface area contributed by atoms with Crippen LogP contribution in [0.2, 0.25) is 0 Å². The minimum Gasteiger partial charge on any atom is -0.486 e. The molecule has 5 heteroatoms. The van der Waals surface area contributed by atoms with Crippen LogP contribution in [-0.4, -0.2) is 25.5 Å². The van der Waals surface area contributed by atoms with Gasteiger partial charge in [-0.15, -0.1) is 0 Å². The van der Waals surface area contributed by atoms with Gasteiger partial charge in [-0.05, 0) is 34.6 Å². The van der Waals surface area contributed by atoms with Crippen LogP contribution in [0, 0.1) is 0 Å². The van der Waals surface area contributed by atoms with E-state index >= 15 is 0 Å². The smallest absolute Gasteiger partial charge is 0.175 e. The fourth-order valence-corrected chi connectivity index (χ4v) is 2.10. The molecule has 1 heterocycles. The highest BCUT2D eigenvalue weighted by atomic mass is 79.9. The number of rotatable bonds is 3. The SMILES string of the molecule is NCCC(=O)c1cc(Br)c2c(c1)OCCO2. The van der Waals surface area contributed by atoms with Gasteiger partial charge in [0, 0.05) is 12.0 Å². The zero-order chi connectivity index (χ0) is 11.5. The van der Waals surface area contributed by atoms with E-state index in [4.69, 9.17) is 15.2 Å². The van der Waals surface area contributed by atoms with Crippen molar-refractivity contribution < 1.29 is 14.3 Å². The molecule has 0 saturated carbocycles. The zero-order valence-corrected chi connectivity index (χ0v) is 10.2. The maximum atomic E-state index is 11.7. The Morgan fingerprint density at radius 1 is 1.38 bits per heavy atom. The number of nitrogens with two attached hydrogens (primary N) is 1. The predicted octanol–water partition coefficient (Wildman–Crippen LogP) is 1.75. The summed E-state index contributed by atoms with van der Waals surface area (Å²) in [6.45, 7) is 1.39. The highest BCUT2D eigenvalue weighted by molar-refractivity contribution is 9.10. The number of hydrogen-bond acceptors (Lipinski definition) is 4. The van der Waals surface area contributed by atoms with Crippen molar-refractivity contribution in [1.82, 2.24) is 0 Å². The lowest BCUT2D eigenvalue weighted by atomic mass is 10.1. The lowest BCUT2D eigenvalue weighted by Crippen LogP contribution is -2.16. The van der Waals surface area contributed by atoms with Crippen molar-refractivity contribution in [2.45, 2.75) is 6.42 Å². The third-order valence-electron chi connectivity index (χ3n) is 2.29. The van der Waals surface area contributed by atoms with E-state index in [1.165, 1.54) is 0 Å². The van der Waals surface area contributed by atoms with Crippen LogP contribution in [0.15, 0.2) is 16.6 Å². The summed E-state index contributed by atoms with van der Waals surface area (Å²) in [5, 5.41) is 0. The molecule has 0 spiro atoms. The molecule has 86 valence electrons. The Kier molecular flexibility index (Phi) is 3.46. The Labute approximate surface area is 102 Å². The third-order valence-corrected chi connectivity index (χ3v) is 2.88. The summed E-state index contributed by atoms with van der Waals surface area (Å²) in [6.07, 6.45) is 0.339. The summed E-state index contributed by atoms with van der Waals surface area (Å²) in [6, 6.07) is 3.45. The largest absolute Gasteiger partial charge is 0.486 e. The lowest BCUT2D eigenvalue weighted by Gasteiger charge is -2.20. The number of halogens is 1. The van der Waals surface area contributed by atoms with Crippen LogP contribution < -0.4 is 15.2 Å². The first-order valence-corrected chi connectivity index (χ1v) is 5.84. The number of hydrogen-bond donors (Lipinski definition) is 1. The standard InChI is InChI=1S/C11H12BrNO3/c12-8-5-7(9(14)1-2-13)6-10-11(8)16-4-3-15-10/h5-6H,1-4,13H2. The molecule has 16 heavy (non-hydrogen) atoms. The normalized spacial score (nSPS) is 13.6. The summed E-state index contributed by atoms with van der Waals surface area (Å²) in [5.41, 5.74) is 5.95. The number of benzene rings is 1. The van der Waals surface area contributed by atoms with Gasteiger partial charge in [-0.25, -0.2) is 0 Å². The summed E-state index contributed by atoms with van der Waals surface area (Å²) >= 11 is 3.36. The van der Waals surface area contributed by atoms with E-state index in [2.05, 4.69) is 15.9 Å². The van der Waals surface area contributed by atoms with Crippen molar-refractivity contribution in [3.05, 3.63) is 22.2 Å². The van der Waals surface area contributed by atoms with Crippen LogP contribution in [0.4, 0.5) is 0 Å². The minimum absolute atomic E-state index is 0.0140. The summed E-state index contributed by atoms with van der Waals surface area (Å²) < 4.78 is 11.6. The van der Waals surface area contributed by atoms with E-state index < -0.39 is 0 Å². The molecular weight excluding hydrogens is 274 g/mol. The van der Waals surface area contributed by atoms with Gasteiger partial charge in [0.1, 0.15) is 13.2 Å². The molecule has 1 aromatic rings. The van der Waals surface area contributed by atoms with Crippen LogP contribution in [-0.2, 0) is 0 Å². The van der Waals surface area contributed by atoms with Gasteiger partial charge in [-0.2, -0.15) is 0 Å². The van der Waals surface area contributed by atoms with Gasteiger partial charge in [0.25, 0.3) is 0 Å². The Morgan fingerprint density at radius 2 is 2.12 bits per heavy atom. The second kappa shape index (κ2) is 4.84. The quantitative estimate of drug-likeness (QED) is 0.860. The van der Waals surface area contributed by atoms with Gasteiger partial charge in [-0.1, -0.05) is 0 Å². The van der Waals surface area contributed by atoms with Crippen molar-refractivity contribution in [1.29, 1.82) is 0 Å². The van der Waals surface area contributed by atoms with Crippen molar-refractivity contribution in [2.75, 3.05) is 19.8 Å². The number of Topliss-reactive ketones (excluding diaryl/α,β-unsaturated/α-hetero) is 1. The fraction of sp³-hybridized carbons (Fsp3) is 0.364. The lowest BCUT2D eigenvalue weighted by molar-refractivity contribution is 0.0984. The summed E-state index contributed by atoms with van der Waals surface area (Å²) in [7, 11) is 0. The summed E-state index contributed by atoms with van der Waals surface area (Å²) in [5.74, 6) is 1.29. The number of ether oxygens (including phenoxy) is 2. The predicted molar refractivity (Wildman–Crippen MR) is 63.1 cm³/mol.